The van der Waals surface area contributed by atoms with Crippen LogP contribution in [0.4, 0.5) is 10.6 Å². The molecule has 1 amide bonds. The molecule has 3 heterocycles. The van der Waals surface area contributed by atoms with Gasteiger partial charge in [-0.1, -0.05) is 6.92 Å². The smallest absolute Gasteiger partial charge is 0.434 e. The van der Waals surface area contributed by atoms with Gasteiger partial charge in [0.2, 0.25) is 5.91 Å². The first-order chi connectivity index (χ1) is 16.0. The molecular weight excluding hydrogens is 426 g/mol. The van der Waals surface area contributed by atoms with Crippen LogP contribution in [0.1, 0.15) is 32.6 Å². The predicted octanol–water partition coefficient (Wildman–Crippen LogP) is 1.87. The fourth-order valence-electron chi connectivity index (χ4n) is 4.06. The van der Waals surface area contributed by atoms with E-state index in [1.54, 1.807) is 15.7 Å². The predicted molar refractivity (Wildman–Crippen MR) is 121 cm³/mol. The maximum atomic E-state index is 12.2. The maximum Gasteiger partial charge on any atom is 0.510 e. The third-order valence-electron chi connectivity index (χ3n) is 6.01. The van der Waals surface area contributed by atoms with E-state index in [0.717, 1.165) is 24.0 Å². The molecule has 0 saturated carbocycles. The Hall–Kier alpha value is -3.39. The van der Waals surface area contributed by atoms with Crippen LogP contribution in [0.5, 0.6) is 0 Å². The van der Waals surface area contributed by atoms with Gasteiger partial charge in [-0.25, -0.2) is 14.8 Å². The average molecular weight is 458 g/mol. The number of likely N-dealkylation sites (tertiary alicyclic amines) is 1. The van der Waals surface area contributed by atoms with Crippen LogP contribution in [-0.2, 0) is 21.0 Å². The number of aromatic nitrogens is 3. The lowest BCUT2D eigenvalue weighted by Crippen LogP contribution is -2.52. The van der Waals surface area contributed by atoms with Crippen molar-refractivity contribution >= 4 is 28.9 Å². The van der Waals surface area contributed by atoms with E-state index in [2.05, 4.69) is 21.8 Å². The number of anilines is 1. The summed E-state index contributed by atoms with van der Waals surface area (Å²) in [5.74, 6) is 0.925. The summed E-state index contributed by atoms with van der Waals surface area (Å²) < 4.78 is 11.9. The van der Waals surface area contributed by atoms with Crippen LogP contribution in [0, 0.1) is 17.2 Å². The molecule has 0 aliphatic carbocycles. The first-order valence-corrected chi connectivity index (χ1v) is 11.1. The van der Waals surface area contributed by atoms with Crippen molar-refractivity contribution in [2.24, 2.45) is 11.7 Å². The Bertz CT molecular complexity index is 1000. The van der Waals surface area contributed by atoms with Gasteiger partial charge in [0.15, 0.2) is 6.73 Å². The highest BCUT2D eigenvalue weighted by Gasteiger charge is 2.32. The summed E-state index contributed by atoms with van der Waals surface area (Å²) in [4.78, 5) is 36.7. The van der Waals surface area contributed by atoms with Crippen molar-refractivity contribution in [1.82, 2.24) is 19.4 Å². The van der Waals surface area contributed by atoms with E-state index >= 15 is 0 Å². The molecule has 2 aromatic heterocycles. The van der Waals surface area contributed by atoms with E-state index in [1.807, 2.05) is 19.2 Å². The summed E-state index contributed by atoms with van der Waals surface area (Å²) in [6.45, 7) is 4.13. The highest BCUT2D eigenvalue weighted by atomic mass is 16.7. The van der Waals surface area contributed by atoms with Crippen molar-refractivity contribution in [1.29, 1.82) is 5.26 Å². The third kappa shape index (κ3) is 5.90. The van der Waals surface area contributed by atoms with Crippen LogP contribution in [0.2, 0.25) is 0 Å². The number of nitrogens with zero attached hydrogens (tertiary/aromatic N) is 6. The van der Waals surface area contributed by atoms with Crippen molar-refractivity contribution in [2.45, 2.75) is 45.4 Å². The molecule has 1 aliphatic heterocycles. The molecule has 1 fully saturated rings. The van der Waals surface area contributed by atoms with Crippen molar-refractivity contribution in [3.63, 3.8) is 0 Å². The Morgan fingerprint density at radius 1 is 1.33 bits per heavy atom. The molecule has 0 bridgehead atoms. The largest absolute Gasteiger partial charge is 0.510 e. The highest BCUT2D eigenvalue weighted by Crippen LogP contribution is 2.29. The van der Waals surface area contributed by atoms with Gasteiger partial charge in [-0.15, -0.1) is 0 Å². The van der Waals surface area contributed by atoms with Crippen LogP contribution < -0.4 is 10.6 Å². The zero-order chi connectivity index (χ0) is 23.8. The molecule has 2 aromatic rings. The number of hydrogen-bond acceptors (Lipinski definition) is 9. The van der Waals surface area contributed by atoms with E-state index < -0.39 is 6.16 Å². The number of fused-ring (bicyclic) bond motifs is 1. The molecule has 0 radical (unpaired) electrons. The Labute approximate surface area is 193 Å². The summed E-state index contributed by atoms with van der Waals surface area (Å²) in [7, 11) is 1.95. The van der Waals surface area contributed by atoms with Gasteiger partial charge in [0, 0.05) is 26.3 Å². The summed E-state index contributed by atoms with van der Waals surface area (Å²) in [5, 5.41) is 9.68. The fourth-order valence-corrected chi connectivity index (χ4v) is 4.06. The van der Waals surface area contributed by atoms with Crippen LogP contribution in [-0.4, -0.2) is 70.8 Å². The minimum Gasteiger partial charge on any atom is -0.434 e. The third-order valence-corrected chi connectivity index (χ3v) is 6.01. The number of carbonyl (C=O) groups is 2. The second kappa shape index (κ2) is 11.5. The Morgan fingerprint density at radius 2 is 2.15 bits per heavy atom. The Balaban J connectivity index is 1.70. The monoisotopic (exact) mass is 457 g/mol. The van der Waals surface area contributed by atoms with Crippen molar-refractivity contribution < 1.29 is 19.1 Å². The van der Waals surface area contributed by atoms with Gasteiger partial charge in [0.05, 0.1) is 24.1 Å². The summed E-state index contributed by atoms with van der Waals surface area (Å²) in [6, 6.07) is 3.86. The average Bonchev–Trinajstić information content (AvgIpc) is 3.24. The number of ether oxygens (including phenoxy) is 2. The molecule has 3 rings (SSSR count). The number of nitrogens with two attached hydrogens (primary N) is 1. The topological polar surface area (TPSA) is 140 Å². The van der Waals surface area contributed by atoms with Gasteiger partial charge in [0.25, 0.3) is 0 Å². The number of likely N-dealkylation sites (N-methyl/N-ethyl adjacent to an activating group) is 1. The van der Waals surface area contributed by atoms with Crippen LogP contribution >= 0.6 is 0 Å². The molecule has 2 atom stereocenters. The Morgan fingerprint density at radius 3 is 2.91 bits per heavy atom. The molecule has 1 aliphatic rings. The van der Waals surface area contributed by atoms with Crippen molar-refractivity contribution in [3.05, 3.63) is 18.6 Å². The second-order valence-electron chi connectivity index (χ2n) is 8.21. The molecule has 0 unspecified atom stereocenters. The number of rotatable bonds is 9. The molecule has 1 saturated heterocycles. The zero-order valence-corrected chi connectivity index (χ0v) is 19.1. The maximum absolute atomic E-state index is 12.2. The molecule has 11 heteroatoms. The van der Waals surface area contributed by atoms with E-state index in [9.17, 15) is 9.59 Å². The number of carbonyl (C=O) groups excluding carboxylic acids is 2. The molecule has 178 valence electrons. The normalized spacial score (nSPS) is 18.1. The first-order valence-electron chi connectivity index (χ1n) is 11.1. The second-order valence-corrected chi connectivity index (χ2v) is 8.21. The minimum absolute atomic E-state index is 0.0321. The van der Waals surface area contributed by atoms with E-state index in [4.69, 9.17) is 20.5 Å². The lowest BCUT2D eigenvalue weighted by atomic mass is 9.92. The summed E-state index contributed by atoms with van der Waals surface area (Å²) >= 11 is 0. The van der Waals surface area contributed by atoms with Crippen molar-refractivity contribution in [3.8, 4) is 6.07 Å². The quantitative estimate of drug-likeness (QED) is 0.441. The molecule has 33 heavy (non-hydrogen) atoms. The SMILES string of the molecule is C[C@@H]1CCN(C(=O)CC#N)C[C@@H]1N(C)c1ncnc2c1ccn2COC(=O)OCCCCN. The van der Waals surface area contributed by atoms with Gasteiger partial charge in [-0.05, 0) is 37.8 Å². The molecular formula is C22H31N7O4. The number of hydrogen-bond donors (Lipinski definition) is 1. The lowest BCUT2D eigenvalue weighted by molar-refractivity contribution is -0.131. The fraction of sp³-hybridized carbons (Fsp3) is 0.591. The van der Waals surface area contributed by atoms with Crippen molar-refractivity contribution in [2.75, 3.05) is 38.2 Å². The molecule has 11 nitrogen and oxygen atoms in total. The van der Waals surface area contributed by atoms with Crippen LogP contribution in [0.25, 0.3) is 11.0 Å². The van der Waals surface area contributed by atoms with Crippen LogP contribution in [0.15, 0.2) is 18.6 Å². The van der Waals surface area contributed by atoms with E-state index in [-0.39, 0.29) is 31.7 Å². The summed E-state index contributed by atoms with van der Waals surface area (Å²) in [5.41, 5.74) is 6.05. The van der Waals surface area contributed by atoms with Gasteiger partial charge >= 0.3 is 6.16 Å². The number of amides is 1. The van der Waals surface area contributed by atoms with Crippen LogP contribution in [0.3, 0.4) is 0 Å². The number of unbranched alkanes of at least 4 members (excludes halogenated alkanes) is 1. The molecule has 0 spiro atoms. The van der Waals surface area contributed by atoms with Gasteiger partial charge in [-0.3, -0.25) is 9.36 Å². The van der Waals surface area contributed by atoms with Gasteiger partial charge in [-0.2, -0.15) is 5.26 Å². The zero-order valence-electron chi connectivity index (χ0n) is 19.1. The van der Waals surface area contributed by atoms with Gasteiger partial charge < -0.3 is 25.0 Å². The standard InChI is InChI=1S/C22H31N7O4/c1-16-6-10-28(19(30)5-9-24)13-18(16)27(2)20-17-7-11-29(21(17)26-14-25-20)15-33-22(31)32-12-4-3-8-23/h7,11,14,16,18H,3-6,8,10,12-13,15,23H2,1-2H3/t16-,18+/m1/s1. The molecule has 2 N–H and O–H groups in total. The lowest BCUT2D eigenvalue weighted by Gasteiger charge is -2.42. The molecule has 0 aromatic carbocycles. The van der Waals surface area contributed by atoms with Gasteiger partial charge in [0.1, 0.15) is 24.2 Å². The first kappa shape index (κ1) is 24.3. The number of nitriles is 1. The van der Waals surface area contributed by atoms with E-state index in [0.29, 0.717) is 37.6 Å². The Kier molecular flexibility index (Phi) is 8.43. The highest BCUT2D eigenvalue weighted by molar-refractivity contribution is 5.88. The summed E-state index contributed by atoms with van der Waals surface area (Å²) in [6.07, 6.45) is 4.74. The number of piperidine rings is 1. The minimum atomic E-state index is -0.738. The van der Waals surface area contributed by atoms with E-state index in [1.165, 1.54) is 6.33 Å².